The number of carbonyl (C=O) groups excluding carboxylic acids is 1. The number of halogens is 1. The van der Waals surface area contributed by atoms with E-state index < -0.39 is 28.6 Å². The van der Waals surface area contributed by atoms with Gasteiger partial charge in [0, 0.05) is 6.54 Å². The van der Waals surface area contributed by atoms with Crippen LogP contribution in [-0.4, -0.2) is 32.1 Å². The Bertz CT molecular complexity index is 484. The van der Waals surface area contributed by atoms with Crippen LogP contribution in [0.2, 0.25) is 0 Å². The van der Waals surface area contributed by atoms with Gasteiger partial charge in [-0.2, -0.15) is 0 Å². The Labute approximate surface area is 105 Å². The molecule has 0 aliphatic rings. The Balaban J connectivity index is 2.70. The first-order valence-corrected chi connectivity index (χ1v) is 7.14. The zero-order chi connectivity index (χ0) is 12.3. The third-order valence-electron chi connectivity index (χ3n) is 1.61. The van der Waals surface area contributed by atoms with Crippen molar-refractivity contribution in [3.63, 3.8) is 0 Å². The number of hydrogen-bond donors (Lipinski definition) is 3. The van der Waals surface area contributed by atoms with E-state index in [4.69, 9.17) is 10.8 Å². The van der Waals surface area contributed by atoms with Gasteiger partial charge < -0.3 is 10.8 Å². The van der Waals surface area contributed by atoms with Crippen molar-refractivity contribution in [3.8, 4) is 0 Å². The maximum Gasteiger partial charge on any atom is 0.250 e. The minimum absolute atomic E-state index is 0.0936. The highest BCUT2D eigenvalue weighted by Crippen LogP contribution is 2.25. The van der Waals surface area contributed by atoms with Crippen LogP contribution in [0.1, 0.15) is 0 Å². The van der Waals surface area contributed by atoms with E-state index in [-0.39, 0.29) is 4.21 Å². The van der Waals surface area contributed by atoms with Crippen molar-refractivity contribution in [2.24, 2.45) is 5.73 Å². The average Bonchev–Trinajstić information content (AvgIpc) is 2.61. The number of hydrogen-bond acceptors (Lipinski definition) is 5. The number of rotatable bonds is 5. The predicted octanol–water partition coefficient (Wildman–Crippen LogP) is -0.365. The molecule has 0 fully saturated rings. The van der Waals surface area contributed by atoms with Crippen LogP contribution in [0, 0.1) is 0 Å². The second kappa shape index (κ2) is 5.23. The number of aliphatic hydroxyl groups is 1. The summed E-state index contributed by atoms with van der Waals surface area (Å²) < 4.78 is 26.0. The Morgan fingerprint density at radius 1 is 1.62 bits per heavy atom. The molecule has 0 saturated carbocycles. The lowest BCUT2D eigenvalue weighted by Gasteiger charge is -2.07. The van der Waals surface area contributed by atoms with Crippen LogP contribution >= 0.6 is 27.3 Å². The predicted molar refractivity (Wildman–Crippen MR) is 62.4 cm³/mol. The van der Waals surface area contributed by atoms with Gasteiger partial charge in [0.1, 0.15) is 10.3 Å². The van der Waals surface area contributed by atoms with Crippen molar-refractivity contribution in [3.05, 3.63) is 15.9 Å². The van der Waals surface area contributed by atoms with Gasteiger partial charge in [-0.25, -0.2) is 13.1 Å². The van der Waals surface area contributed by atoms with E-state index in [0.717, 1.165) is 11.3 Å². The average molecular weight is 329 g/mol. The molecule has 16 heavy (non-hydrogen) atoms. The minimum atomic E-state index is -3.70. The molecule has 0 saturated heterocycles. The van der Waals surface area contributed by atoms with Crippen molar-refractivity contribution in [2.45, 2.75) is 10.3 Å². The molecule has 0 aliphatic heterocycles. The van der Waals surface area contributed by atoms with Crippen LogP contribution in [0.3, 0.4) is 0 Å². The lowest BCUT2D eigenvalue weighted by Crippen LogP contribution is -2.39. The summed E-state index contributed by atoms with van der Waals surface area (Å²) >= 11 is 4.15. The maximum absolute atomic E-state index is 11.6. The number of aliphatic hydroxyl groups excluding tert-OH is 1. The van der Waals surface area contributed by atoms with E-state index in [1.54, 1.807) is 6.07 Å². The van der Waals surface area contributed by atoms with E-state index in [2.05, 4.69) is 20.7 Å². The SMILES string of the molecule is NC(=O)C(O)CNS(=O)(=O)c1ccc(Br)s1. The molecular weight excluding hydrogens is 320 g/mol. The third-order valence-corrected chi connectivity index (χ3v) is 5.15. The summed E-state index contributed by atoms with van der Waals surface area (Å²) in [4.78, 5) is 10.5. The molecule has 0 aliphatic carbocycles. The number of carbonyl (C=O) groups is 1. The normalized spacial score (nSPS) is 13.6. The van der Waals surface area contributed by atoms with Gasteiger partial charge in [-0.15, -0.1) is 11.3 Å². The lowest BCUT2D eigenvalue weighted by molar-refractivity contribution is -0.125. The van der Waals surface area contributed by atoms with Gasteiger partial charge >= 0.3 is 0 Å². The van der Waals surface area contributed by atoms with Crippen molar-refractivity contribution in [2.75, 3.05) is 6.54 Å². The molecule has 90 valence electrons. The number of amides is 1. The van der Waals surface area contributed by atoms with E-state index in [0.29, 0.717) is 3.79 Å². The molecule has 0 aromatic carbocycles. The number of nitrogens with one attached hydrogen (secondary N) is 1. The molecule has 1 amide bonds. The van der Waals surface area contributed by atoms with Crippen LogP contribution in [0.4, 0.5) is 0 Å². The molecule has 0 bridgehead atoms. The Kier molecular flexibility index (Phi) is 4.44. The van der Waals surface area contributed by atoms with Crippen LogP contribution in [-0.2, 0) is 14.8 Å². The fourth-order valence-corrected chi connectivity index (χ4v) is 3.90. The van der Waals surface area contributed by atoms with Crippen LogP contribution in [0.15, 0.2) is 20.1 Å². The summed E-state index contributed by atoms with van der Waals surface area (Å²) in [5.41, 5.74) is 4.78. The monoisotopic (exact) mass is 328 g/mol. The van der Waals surface area contributed by atoms with E-state index in [1.807, 2.05) is 0 Å². The highest BCUT2D eigenvalue weighted by Gasteiger charge is 2.19. The molecule has 6 nitrogen and oxygen atoms in total. The van der Waals surface area contributed by atoms with E-state index in [9.17, 15) is 13.2 Å². The molecule has 1 atom stereocenters. The first kappa shape index (κ1) is 13.6. The van der Waals surface area contributed by atoms with Crippen molar-refractivity contribution < 1.29 is 18.3 Å². The van der Waals surface area contributed by atoms with Crippen molar-refractivity contribution >= 4 is 43.2 Å². The van der Waals surface area contributed by atoms with Gasteiger partial charge in [-0.05, 0) is 28.1 Å². The summed E-state index contributed by atoms with van der Waals surface area (Å²) in [6, 6.07) is 3.00. The molecule has 4 N–H and O–H groups in total. The fraction of sp³-hybridized carbons (Fsp3) is 0.286. The van der Waals surface area contributed by atoms with Crippen LogP contribution < -0.4 is 10.5 Å². The first-order chi connectivity index (χ1) is 7.33. The quantitative estimate of drug-likeness (QED) is 0.685. The third kappa shape index (κ3) is 3.52. The summed E-state index contributed by atoms with van der Waals surface area (Å²) in [5.74, 6) is -0.977. The summed E-state index contributed by atoms with van der Waals surface area (Å²) in [6.07, 6.45) is -1.53. The van der Waals surface area contributed by atoms with Gasteiger partial charge in [0.15, 0.2) is 0 Å². The lowest BCUT2D eigenvalue weighted by atomic mass is 10.3. The second-order valence-corrected chi connectivity index (χ2v) is 7.29. The number of thiophene rings is 1. The topological polar surface area (TPSA) is 109 Å². The Morgan fingerprint density at radius 3 is 2.69 bits per heavy atom. The van der Waals surface area contributed by atoms with Crippen molar-refractivity contribution in [1.29, 1.82) is 0 Å². The summed E-state index contributed by atoms with van der Waals surface area (Å²) in [5, 5.41) is 9.03. The van der Waals surface area contributed by atoms with Crippen molar-refractivity contribution in [1.82, 2.24) is 4.72 Å². The zero-order valence-electron chi connectivity index (χ0n) is 7.88. The largest absolute Gasteiger partial charge is 0.382 e. The molecule has 1 aromatic heterocycles. The highest BCUT2D eigenvalue weighted by molar-refractivity contribution is 9.11. The molecule has 9 heteroatoms. The first-order valence-electron chi connectivity index (χ1n) is 4.05. The standard InChI is InChI=1S/C7H9BrN2O4S2/c8-5-1-2-6(15-5)16(13,14)10-3-4(11)7(9)12/h1-2,4,10-11H,3H2,(H2,9,12). The highest BCUT2D eigenvalue weighted by atomic mass is 79.9. The number of sulfonamides is 1. The van der Waals surface area contributed by atoms with Gasteiger partial charge in [-0.1, -0.05) is 0 Å². The molecule has 0 radical (unpaired) electrons. The summed E-state index contributed by atoms with van der Waals surface area (Å²) in [7, 11) is -3.70. The fourth-order valence-electron chi connectivity index (χ4n) is 0.802. The van der Waals surface area contributed by atoms with Gasteiger partial charge in [0.2, 0.25) is 15.9 Å². The number of primary amides is 1. The molecular formula is C7H9BrN2O4S2. The minimum Gasteiger partial charge on any atom is -0.382 e. The smallest absolute Gasteiger partial charge is 0.250 e. The molecule has 1 heterocycles. The summed E-state index contributed by atoms with van der Waals surface area (Å²) in [6.45, 7) is -0.437. The van der Waals surface area contributed by atoms with Gasteiger partial charge in [0.05, 0.1) is 3.79 Å². The molecule has 1 aromatic rings. The van der Waals surface area contributed by atoms with Crippen LogP contribution in [0.25, 0.3) is 0 Å². The molecule has 1 unspecified atom stereocenters. The maximum atomic E-state index is 11.6. The zero-order valence-corrected chi connectivity index (χ0v) is 11.1. The van der Waals surface area contributed by atoms with Gasteiger partial charge in [0.25, 0.3) is 0 Å². The van der Waals surface area contributed by atoms with E-state index >= 15 is 0 Å². The second-order valence-electron chi connectivity index (χ2n) is 2.83. The van der Waals surface area contributed by atoms with Crippen LogP contribution in [0.5, 0.6) is 0 Å². The van der Waals surface area contributed by atoms with Gasteiger partial charge in [-0.3, -0.25) is 4.79 Å². The van der Waals surface area contributed by atoms with E-state index in [1.165, 1.54) is 6.07 Å². The Hall–Kier alpha value is -0.480. The number of nitrogens with two attached hydrogens (primary N) is 1. The Morgan fingerprint density at radius 2 is 2.25 bits per heavy atom. The molecule has 1 rings (SSSR count). The molecule has 0 spiro atoms.